The molecule has 0 fully saturated rings. The van der Waals surface area contributed by atoms with Crippen LogP contribution in [0.1, 0.15) is 18.6 Å². The number of benzene rings is 1. The lowest BCUT2D eigenvalue weighted by molar-refractivity contribution is 0.221. The number of nitrogens with two attached hydrogens (primary N) is 1. The SMILES string of the molecule is COc1ccc(F)cc1C(C)Oc1cc(-c2ccc[nH]c2=O)cnc1N. The van der Waals surface area contributed by atoms with E-state index in [0.717, 1.165) is 0 Å². The number of anilines is 1. The zero-order valence-electron chi connectivity index (χ0n) is 14.3. The Bertz CT molecular complexity index is 988. The monoisotopic (exact) mass is 355 g/mol. The van der Waals surface area contributed by atoms with Crippen LogP contribution in [0.25, 0.3) is 11.1 Å². The van der Waals surface area contributed by atoms with Gasteiger partial charge in [-0.3, -0.25) is 4.79 Å². The molecule has 0 amide bonds. The summed E-state index contributed by atoms with van der Waals surface area (Å²) in [6, 6.07) is 9.22. The average Bonchev–Trinajstić information content (AvgIpc) is 2.64. The van der Waals surface area contributed by atoms with E-state index in [0.29, 0.717) is 28.2 Å². The highest BCUT2D eigenvalue weighted by molar-refractivity contribution is 5.66. The summed E-state index contributed by atoms with van der Waals surface area (Å²) in [6.07, 6.45) is 2.50. The zero-order chi connectivity index (χ0) is 18.7. The molecule has 1 aromatic carbocycles. The van der Waals surface area contributed by atoms with E-state index in [4.69, 9.17) is 15.2 Å². The molecule has 1 atom stereocenters. The van der Waals surface area contributed by atoms with E-state index in [1.807, 2.05) is 0 Å². The highest BCUT2D eigenvalue weighted by Crippen LogP contribution is 2.33. The van der Waals surface area contributed by atoms with Crippen LogP contribution >= 0.6 is 0 Å². The predicted octanol–water partition coefficient (Wildman–Crippen LogP) is 3.31. The summed E-state index contributed by atoms with van der Waals surface area (Å²) in [4.78, 5) is 18.7. The summed E-state index contributed by atoms with van der Waals surface area (Å²) < 4.78 is 24.7. The summed E-state index contributed by atoms with van der Waals surface area (Å²) >= 11 is 0. The van der Waals surface area contributed by atoms with Crippen molar-refractivity contribution in [2.45, 2.75) is 13.0 Å². The third kappa shape index (κ3) is 3.51. The number of rotatable bonds is 5. The van der Waals surface area contributed by atoms with Gasteiger partial charge in [-0.05, 0) is 43.3 Å². The third-order valence-corrected chi connectivity index (χ3v) is 3.94. The van der Waals surface area contributed by atoms with Crippen molar-refractivity contribution >= 4 is 5.82 Å². The molecule has 0 saturated carbocycles. The van der Waals surface area contributed by atoms with Gasteiger partial charge in [0.05, 0.1) is 7.11 Å². The molecule has 3 rings (SSSR count). The molecule has 1 unspecified atom stereocenters. The van der Waals surface area contributed by atoms with Gasteiger partial charge in [-0.2, -0.15) is 0 Å². The van der Waals surface area contributed by atoms with E-state index in [1.54, 1.807) is 31.3 Å². The number of hydrogen-bond acceptors (Lipinski definition) is 5. The van der Waals surface area contributed by atoms with E-state index >= 15 is 0 Å². The second kappa shape index (κ2) is 7.26. The summed E-state index contributed by atoms with van der Waals surface area (Å²) in [5.74, 6) is 0.570. The zero-order valence-corrected chi connectivity index (χ0v) is 14.3. The minimum atomic E-state index is -0.547. The van der Waals surface area contributed by atoms with Gasteiger partial charge in [0.1, 0.15) is 17.7 Å². The average molecular weight is 355 g/mol. The van der Waals surface area contributed by atoms with Crippen molar-refractivity contribution in [1.29, 1.82) is 0 Å². The second-order valence-electron chi connectivity index (χ2n) is 5.67. The van der Waals surface area contributed by atoms with Crippen molar-refractivity contribution in [1.82, 2.24) is 9.97 Å². The van der Waals surface area contributed by atoms with Gasteiger partial charge < -0.3 is 20.2 Å². The van der Waals surface area contributed by atoms with E-state index in [9.17, 15) is 9.18 Å². The van der Waals surface area contributed by atoms with E-state index in [-0.39, 0.29) is 11.4 Å². The molecule has 3 N–H and O–H groups in total. The Morgan fingerprint density at radius 2 is 2.04 bits per heavy atom. The molecule has 0 aliphatic heterocycles. The molecule has 6 nitrogen and oxygen atoms in total. The predicted molar refractivity (Wildman–Crippen MR) is 96.7 cm³/mol. The molecule has 134 valence electrons. The van der Waals surface area contributed by atoms with Crippen LogP contribution in [0.2, 0.25) is 0 Å². The molecule has 0 radical (unpaired) electrons. The van der Waals surface area contributed by atoms with Crippen molar-refractivity contribution in [3.8, 4) is 22.6 Å². The molecule has 2 heterocycles. The number of aromatic nitrogens is 2. The molecule has 2 aromatic heterocycles. The van der Waals surface area contributed by atoms with Gasteiger partial charge in [0, 0.05) is 29.1 Å². The number of nitrogens with one attached hydrogen (secondary N) is 1. The largest absolute Gasteiger partial charge is 0.496 e. The van der Waals surface area contributed by atoms with E-state index in [1.165, 1.54) is 31.5 Å². The fraction of sp³-hybridized carbons (Fsp3) is 0.158. The Kier molecular flexibility index (Phi) is 4.88. The molecule has 3 aromatic rings. The van der Waals surface area contributed by atoms with Crippen LogP contribution in [0.15, 0.2) is 53.6 Å². The van der Waals surface area contributed by atoms with Crippen LogP contribution in [0, 0.1) is 5.82 Å². The molecule has 7 heteroatoms. The number of nitrogen functional groups attached to an aromatic ring is 1. The lowest BCUT2D eigenvalue weighted by Gasteiger charge is -2.19. The Morgan fingerprint density at radius 1 is 1.23 bits per heavy atom. The maximum Gasteiger partial charge on any atom is 0.255 e. The van der Waals surface area contributed by atoms with Crippen LogP contribution in [-0.4, -0.2) is 17.1 Å². The van der Waals surface area contributed by atoms with Crippen molar-refractivity contribution in [2.75, 3.05) is 12.8 Å². The third-order valence-electron chi connectivity index (χ3n) is 3.94. The molecule has 0 aliphatic carbocycles. The summed E-state index contributed by atoms with van der Waals surface area (Å²) in [5, 5.41) is 0. The number of hydrogen-bond donors (Lipinski definition) is 2. The Morgan fingerprint density at radius 3 is 2.77 bits per heavy atom. The fourth-order valence-corrected chi connectivity index (χ4v) is 2.62. The topological polar surface area (TPSA) is 90.2 Å². The highest BCUT2D eigenvalue weighted by atomic mass is 19.1. The first kappa shape index (κ1) is 17.5. The molecule has 0 spiro atoms. The number of H-pyrrole nitrogens is 1. The molecular formula is C19H18FN3O3. The minimum Gasteiger partial charge on any atom is -0.496 e. The van der Waals surface area contributed by atoms with Gasteiger partial charge >= 0.3 is 0 Å². The van der Waals surface area contributed by atoms with Gasteiger partial charge in [0.15, 0.2) is 11.6 Å². The first-order valence-electron chi connectivity index (χ1n) is 7.93. The Labute approximate surface area is 149 Å². The number of nitrogens with zero attached hydrogens (tertiary/aromatic N) is 1. The van der Waals surface area contributed by atoms with Gasteiger partial charge in [0.25, 0.3) is 5.56 Å². The van der Waals surface area contributed by atoms with Gasteiger partial charge in [-0.1, -0.05) is 0 Å². The number of methoxy groups -OCH3 is 1. The summed E-state index contributed by atoms with van der Waals surface area (Å²) in [5.41, 5.74) is 7.21. The van der Waals surface area contributed by atoms with Crippen LogP contribution < -0.4 is 20.8 Å². The second-order valence-corrected chi connectivity index (χ2v) is 5.67. The fourth-order valence-electron chi connectivity index (χ4n) is 2.62. The lowest BCUT2D eigenvalue weighted by atomic mass is 10.1. The molecule has 0 aliphatic rings. The van der Waals surface area contributed by atoms with Crippen LogP contribution in [0.4, 0.5) is 10.2 Å². The minimum absolute atomic E-state index is 0.170. The number of ether oxygens (including phenoxy) is 2. The van der Waals surface area contributed by atoms with Crippen molar-refractivity contribution in [3.63, 3.8) is 0 Å². The van der Waals surface area contributed by atoms with Crippen molar-refractivity contribution in [2.24, 2.45) is 0 Å². The van der Waals surface area contributed by atoms with Gasteiger partial charge in [-0.25, -0.2) is 9.37 Å². The van der Waals surface area contributed by atoms with E-state index < -0.39 is 11.9 Å². The normalized spacial score (nSPS) is 11.8. The van der Waals surface area contributed by atoms with E-state index in [2.05, 4.69) is 9.97 Å². The van der Waals surface area contributed by atoms with Crippen LogP contribution in [-0.2, 0) is 0 Å². The van der Waals surface area contributed by atoms with Crippen LogP contribution in [0.5, 0.6) is 11.5 Å². The maximum atomic E-state index is 13.6. The number of aromatic amines is 1. The van der Waals surface area contributed by atoms with Gasteiger partial charge in [-0.15, -0.1) is 0 Å². The molecular weight excluding hydrogens is 337 g/mol. The standard InChI is InChI=1S/C19H18FN3O3/c1-11(15-9-13(20)5-6-16(15)25-2)26-17-8-12(10-23-18(17)21)14-4-3-7-22-19(14)24/h3-11H,1-2H3,(H2,21,23)(H,22,24). The first-order valence-corrected chi connectivity index (χ1v) is 7.93. The Hall–Kier alpha value is -3.35. The van der Waals surface area contributed by atoms with Crippen LogP contribution in [0.3, 0.4) is 0 Å². The Balaban J connectivity index is 1.95. The highest BCUT2D eigenvalue weighted by Gasteiger charge is 2.17. The first-order chi connectivity index (χ1) is 12.5. The number of halogens is 1. The van der Waals surface area contributed by atoms with Gasteiger partial charge in [0.2, 0.25) is 0 Å². The summed E-state index contributed by atoms with van der Waals surface area (Å²) in [7, 11) is 1.50. The molecule has 0 saturated heterocycles. The summed E-state index contributed by atoms with van der Waals surface area (Å²) in [6.45, 7) is 1.75. The molecule has 0 bridgehead atoms. The quantitative estimate of drug-likeness (QED) is 0.733. The maximum absolute atomic E-state index is 13.6. The smallest absolute Gasteiger partial charge is 0.255 e. The van der Waals surface area contributed by atoms with Crippen molar-refractivity contribution in [3.05, 3.63) is 70.5 Å². The number of pyridine rings is 2. The van der Waals surface area contributed by atoms with Crippen molar-refractivity contribution < 1.29 is 13.9 Å². The lowest BCUT2D eigenvalue weighted by Crippen LogP contribution is -2.10. The molecule has 26 heavy (non-hydrogen) atoms.